The first kappa shape index (κ1) is 34.4. The van der Waals surface area contributed by atoms with Gasteiger partial charge in [-0.2, -0.15) is 6.07 Å². The van der Waals surface area contributed by atoms with Crippen molar-refractivity contribution < 1.29 is 29.6 Å². The molecule has 0 fully saturated rings. The molecule has 0 saturated heterocycles. The number of furan rings is 1. The van der Waals surface area contributed by atoms with Crippen LogP contribution in [0.1, 0.15) is 0 Å². The molecule has 1 aliphatic rings. The van der Waals surface area contributed by atoms with Crippen LogP contribution in [0.4, 0.5) is 17.2 Å². The van der Waals surface area contributed by atoms with Gasteiger partial charge in [-0.3, -0.25) is 4.98 Å². The number of fused-ring (bicyclic) bond motifs is 12. The Kier molecular flexibility index (Phi) is 7.95. The van der Waals surface area contributed by atoms with Crippen LogP contribution >= 0.6 is 0 Å². The molecule has 0 saturated carbocycles. The second-order valence-electron chi connectivity index (χ2n) is 14.4. The van der Waals surface area contributed by atoms with Crippen LogP contribution in [0.3, 0.4) is 0 Å². The maximum Gasteiger partial charge on any atom is 2.00 e. The molecule has 6 nitrogen and oxygen atoms in total. The fourth-order valence-corrected chi connectivity index (χ4v) is 14.3. The van der Waals surface area contributed by atoms with Crippen LogP contribution in [0, 0.1) is 12.1 Å². The quantitative estimate of drug-likeness (QED) is 0.0982. The monoisotopic (exact) mass is 852 g/mol. The maximum atomic E-state index is 6.98. The molecule has 58 heavy (non-hydrogen) atoms. The Balaban J connectivity index is 0.00000385. The van der Waals surface area contributed by atoms with Gasteiger partial charge in [0.2, 0.25) is 0 Å². The standard InChI is InChI=1S/C50H30N4O2Si.Pd/c1-3-15-36(16-4-1)57(37-17-5-2-6-18-37)46-23-12-28-51-50(46)54(44-27-26-41-40-20-8-10-22-45(40)56-47(41)48(44)57)33-13-11-14-34(31-33)55-35-24-25-38-39-19-7-9-21-43(39)53-30-29-52-49(53)42(38)32-35;/h1-30H;/q-2;+2. The van der Waals surface area contributed by atoms with Crippen LogP contribution in [0.25, 0.3) is 49.3 Å². The van der Waals surface area contributed by atoms with Crippen molar-refractivity contribution in [1.29, 1.82) is 0 Å². The van der Waals surface area contributed by atoms with Crippen LogP contribution in [0.2, 0.25) is 0 Å². The van der Waals surface area contributed by atoms with Gasteiger partial charge < -0.3 is 18.5 Å². The van der Waals surface area contributed by atoms with Gasteiger partial charge in [0.15, 0.2) is 8.07 Å². The predicted molar refractivity (Wildman–Crippen MR) is 231 cm³/mol. The molecule has 0 radical (unpaired) electrons. The van der Waals surface area contributed by atoms with Crippen molar-refractivity contribution in [1.82, 2.24) is 14.4 Å². The molecule has 0 unspecified atom stereocenters. The summed E-state index contributed by atoms with van der Waals surface area (Å²) in [5.41, 5.74) is 5.50. The summed E-state index contributed by atoms with van der Waals surface area (Å²) < 4.78 is 15.7. The Bertz CT molecular complexity index is 3330. The first-order valence-electron chi connectivity index (χ1n) is 19.0. The SMILES string of the molecule is [Pd+2].[c-]1c(Oc2[c-]c3c(cc2)c2ccccc2n2ccnc32)cccc1N1c2ccc3c(oc4ccccc43)c2[Si](c2ccccc2)(c2ccccc2)c2cccnc21. The van der Waals surface area contributed by atoms with E-state index >= 15 is 0 Å². The number of benzene rings is 7. The molecule has 276 valence electrons. The zero-order valence-electron chi connectivity index (χ0n) is 30.7. The number of aromatic nitrogens is 3. The van der Waals surface area contributed by atoms with E-state index in [1.165, 1.54) is 20.7 Å². The molecule has 0 spiro atoms. The largest absolute Gasteiger partial charge is 2.00 e. The second-order valence-corrected chi connectivity index (χ2v) is 18.1. The fraction of sp³-hybridized carbons (Fsp3) is 0. The summed E-state index contributed by atoms with van der Waals surface area (Å²) in [5.74, 6) is 2.00. The van der Waals surface area contributed by atoms with Crippen LogP contribution in [-0.4, -0.2) is 22.4 Å². The first-order valence-corrected chi connectivity index (χ1v) is 21.0. The zero-order chi connectivity index (χ0) is 37.5. The predicted octanol–water partition coefficient (Wildman–Crippen LogP) is 9.49. The van der Waals surface area contributed by atoms with Crippen LogP contribution in [0.5, 0.6) is 11.5 Å². The normalized spacial score (nSPS) is 13.1. The number of hydrogen-bond donors (Lipinski definition) is 0. The molecule has 0 N–H and O–H groups in total. The van der Waals surface area contributed by atoms with Crippen molar-refractivity contribution >= 4 is 95.3 Å². The molecular weight excluding hydrogens is 823 g/mol. The number of nitrogens with zero attached hydrogens (tertiary/aromatic N) is 4. The van der Waals surface area contributed by atoms with Gasteiger partial charge in [-0.15, -0.1) is 30.3 Å². The van der Waals surface area contributed by atoms with E-state index in [9.17, 15) is 0 Å². The molecule has 5 heterocycles. The Labute approximate surface area is 348 Å². The van der Waals surface area contributed by atoms with E-state index in [1.54, 1.807) is 0 Å². The van der Waals surface area contributed by atoms with E-state index in [1.807, 2.05) is 42.9 Å². The van der Waals surface area contributed by atoms with Gasteiger partial charge in [-0.1, -0.05) is 126 Å². The van der Waals surface area contributed by atoms with Crippen molar-refractivity contribution in [2.24, 2.45) is 0 Å². The number of para-hydroxylation sites is 2. The minimum Gasteiger partial charge on any atom is -0.503 e. The van der Waals surface area contributed by atoms with E-state index < -0.39 is 8.07 Å². The minimum atomic E-state index is -3.07. The van der Waals surface area contributed by atoms with E-state index in [2.05, 4.69) is 161 Å². The number of rotatable bonds is 5. The molecule has 1 aliphatic heterocycles. The molecule has 12 rings (SSSR count). The number of pyridine rings is 2. The number of hydrogen-bond acceptors (Lipinski definition) is 5. The van der Waals surface area contributed by atoms with Gasteiger partial charge in [0, 0.05) is 57.3 Å². The third-order valence-electron chi connectivity index (χ3n) is 11.4. The van der Waals surface area contributed by atoms with Crippen LogP contribution in [0.15, 0.2) is 187 Å². The van der Waals surface area contributed by atoms with Crippen LogP contribution < -0.4 is 30.4 Å². The first-order chi connectivity index (χ1) is 28.3. The Morgan fingerprint density at radius 2 is 1.29 bits per heavy atom. The summed E-state index contributed by atoms with van der Waals surface area (Å²) in [6, 6.07) is 64.6. The summed E-state index contributed by atoms with van der Waals surface area (Å²) in [6.45, 7) is 0. The average Bonchev–Trinajstić information content (AvgIpc) is 3.93. The molecule has 0 amide bonds. The zero-order valence-corrected chi connectivity index (χ0v) is 33.3. The van der Waals surface area contributed by atoms with Gasteiger partial charge in [0.1, 0.15) is 17.0 Å². The molecular formula is C50H30N4O2PdSi. The van der Waals surface area contributed by atoms with E-state index in [-0.39, 0.29) is 20.4 Å². The number of ether oxygens (including phenoxy) is 1. The molecule has 4 aromatic heterocycles. The van der Waals surface area contributed by atoms with Gasteiger partial charge >= 0.3 is 20.4 Å². The summed E-state index contributed by atoms with van der Waals surface area (Å²) in [4.78, 5) is 12.1. The van der Waals surface area contributed by atoms with Crippen molar-refractivity contribution in [3.05, 3.63) is 195 Å². The Morgan fingerprint density at radius 3 is 2.12 bits per heavy atom. The van der Waals surface area contributed by atoms with Gasteiger partial charge in [-0.05, 0) is 51.3 Å². The molecule has 0 bridgehead atoms. The second kappa shape index (κ2) is 13.4. The summed E-state index contributed by atoms with van der Waals surface area (Å²) in [7, 11) is -3.07. The molecule has 0 aliphatic carbocycles. The van der Waals surface area contributed by atoms with Crippen molar-refractivity contribution in [2.45, 2.75) is 0 Å². The topological polar surface area (TPSA) is 55.8 Å². The molecule has 8 heteroatoms. The van der Waals surface area contributed by atoms with Crippen molar-refractivity contribution in [3.63, 3.8) is 0 Å². The Morgan fingerprint density at radius 1 is 0.569 bits per heavy atom. The molecule has 11 aromatic rings. The van der Waals surface area contributed by atoms with Gasteiger partial charge in [0.25, 0.3) is 0 Å². The smallest absolute Gasteiger partial charge is 0.503 e. The third-order valence-corrected chi connectivity index (χ3v) is 16.2. The summed E-state index contributed by atoms with van der Waals surface area (Å²) >= 11 is 0. The van der Waals surface area contributed by atoms with Crippen molar-refractivity contribution in [2.75, 3.05) is 4.90 Å². The average molecular weight is 853 g/mol. The Hall–Kier alpha value is -6.82. The third kappa shape index (κ3) is 4.93. The molecule has 7 aromatic carbocycles. The van der Waals surface area contributed by atoms with Gasteiger partial charge in [-0.25, -0.2) is 4.98 Å². The van der Waals surface area contributed by atoms with Crippen LogP contribution in [-0.2, 0) is 20.4 Å². The van der Waals surface area contributed by atoms with E-state index in [4.69, 9.17) is 19.1 Å². The minimum absolute atomic E-state index is 0. The van der Waals surface area contributed by atoms with Crippen molar-refractivity contribution in [3.8, 4) is 11.5 Å². The summed E-state index contributed by atoms with van der Waals surface area (Å²) in [6.07, 6.45) is 5.70. The number of imidazole rings is 1. The summed E-state index contributed by atoms with van der Waals surface area (Å²) in [5, 5.41) is 10.1. The van der Waals surface area contributed by atoms with E-state index in [0.29, 0.717) is 11.5 Å². The van der Waals surface area contributed by atoms with Gasteiger partial charge in [0.05, 0.1) is 5.65 Å². The maximum absolute atomic E-state index is 6.98. The molecule has 0 atom stereocenters. The number of anilines is 3. The fourth-order valence-electron chi connectivity index (χ4n) is 9.10. The van der Waals surface area contributed by atoms with E-state index in [0.717, 1.165) is 66.5 Å².